The van der Waals surface area contributed by atoms with Crippen LogP contribution in [-0.4, -0.2) is 11.1 Å². The maximum absolute atomic E-state index is 13.7. The van der Waals surface area contributed by atoms with Crippen LogP contribution >= 0.6 is 0 Å². The lowest BCUT2D eigenvalue weighted by molar-refractivity contribution is 0.0696. The topological polar surface area (TPSA) is 37.3 Å². The van der Waals surface area contributed by atoms with Gasteiger partial charge in [0.05, 0.1) is 5.56 Å². The predicted molar refractivity (Wildman–Crippen MR) is 68.3 cm³/mol. The highest BCUT2D eigenvalue weighted by Crippen LogP contribution is 2.27. The number of carbonyl (C=O) groups is 1. The largest absolute Gasteiger partial charge is 0.478 e. The molecule has 2 aromatic carbocycles. The molecule has 0 saturated heterocycles. The minimum absolute atomic E-state index is 0.0328. The SMILES string of the molecule is Cc1cccc(-c2cc(C(=O)O)cc(F)c2C)c1. The third-order valence-corrected chi connectivity index (χ3v) is 2.92. The third-order valence-electron chi connectivity index (χ3n) is 2.92. The smallest absolute Gasteiger partial charge is 0.335 e. The van der Waals surface area contributed by atoms with E-state index in [2.05, 4.69) is 0 Å². The predicted octanol–water partition coefficient (Wildman–Crippen LogP) is 3.81. The van der Waals surface area contributed by atoms with Gasteiger partial charge in [0.15, 0.2) is 0 Å². The Bertz CT molecular complexity index is 618. The zero-order valence-corrected chi connectivity index (χ0v) is 10.2. The first-order chi connectivity index (χ1) is 8.49. The normalized spacial score (nSPS) is 10.4. The molecular weight excluding hydrogens is 231 g/mol. The van der Waals surface area contributed by atoms with Crippen molar-refractivity contribution in [2.24, 2.45) is 0 Å². The summed E-state index contributed by atoms with van der Waals surface area (Å²) in [6, 6.07) is 10.1. The number of benzene rings is 2. The minimum atomic E-state index is -1.12. The van der Waals surface area contributed by atoms with E-state index >= 15 is 0 Å². The van der Waals surface area contributed by atoms with Gasteiger partial charge in [-0.25, -0.2) is 9.18 Å². The van der Waals surface area contributed by atoms with Gasteiger partial charge in [-0.15, -0.1) is 0 Å². The Labute approximate surface area is 105 Å². The lowest BCUT2D eigenvalue weighted by Crippen LogP contribution is -2.00. The molecule has 3 heteroatoms. The molecule has 0 bridgehead atoms. The van der Waals surface area contributed by atoms with Gasteiger partial charge in [-0.2, -0.15) is 0 Å². The second kappa shape index (κ2) is 4.61. The summed E-state index contributed by atoms with van der Waals surface area (Å²) in [4.78, 5) is 10.9. The molecular formula is C15H13FO2. The fraction of sp³-hybridized carbons (Fsp3) is 0.133. The fourth-order valence-electron chi connectivity index (χ4n) is 1.91. The maximum atomic E-state index is 13.7. The first-order valence-electron chi connectivity index (χ1n) is 5.59. The van der Waals surface area contributed by atoms with Gasteiger partial charge in [-0.3, -0.25) is 0 Å². The van der Waals surface area contributed by atoms with E-state index < -0.39 is 11.8 Å². The van der Waals surface area contributed by atoms with Crippen LogP contribution in [0.1, 0.15) is 21.5 Å². The van der Waals surface area contributed by atoms with E-state index in [4.69, 9.17) is 5.11 Å². The molecule has 1 N–H and O–H groups in total. The molecule has 0 unspecified atom stereocenters. The van der Waals surface area contributed by atoms with Crippen LogP contribution in [0.25, 0.3) is 11.1 Å². The summed E-state index contributed by atoms with van der Waals surface area (Å²) in [7, 11) is 0. The van der Waals surface area contributed by atoms with Gasteiger partial charge >= 0.3 is 5.97 Å². The summed E-state index contributed by atoms with van der Waals surface area (Å²) in [5.74, 6) is -1.62. The molecule has 0 atom stereocenters. The van der Waals surface area contributed by atoms with Crippen molar-refractivity contribution in [3.63, 3.8) is 0 Å². The van der Waals surface area contributed by atoms with Crippen LogP contribution in [0.3, 0.4) is 0 Å². The second-order valence-electron chi connectivity index (χ2n) is 4.31. The first kappa shape index (κ1) is 12.3. The van der Waals surface area contributed by atoms with E-state index in [0.29, 0.717) is 11.1 Å². The molecule has 2 aromatic rings. The molecule has 0 amide bonds. The van der Waals surface area contributed by atoms with Crippen LogP contribution in [0.15, 0.2) is 36.4 Å². The summed E-state index contributed by atoms with van der Waals surface area (Å²) in [5, 5.41) is 8.96. The van der Waals surface area contributed by atoms with Gasteiger partial charge in [0.2, 0.25) is 0 Å². The average Bonchev–Trinajstić information content (AvgIpc) is 2.32. The molecule has 0 aliphatic rings. The van der Waals surface area contributed by atoms with E-state index in [1.807, 2.05) is 31.2 Å². The standard InChI is InChI=1S/C15H13FO2/c1-9-4-3-5-11(6-9)13-7-12(15(17)18)8-14(16)10(13)2/h3-8H,1-2H3,(H,17,18). The van der Waals surface area contributed by atoms with Crippen LogP contribution < -0.4 is 0 Å². The zero-order valence-electron chi connectivity index (χ0n) is 10.2. The molecule has 0 fully saturated rings. The monoisotopic (exact) mass is 244 g/mol. The van der Waals surface area contributed by atoms with Crippen LogP contribution in [0.4, 0.5) is 4.39 Å². The molecule has 0 aromatic heterocycles. The molecule has 92 valence electrons. The van der Waals surface area contributed by atoms with Gasteiger partial charge < -0.3 is 5.11 Å². The number of carboxylic acid groups (broad SMARTS) is 1. The van der Waals surface area contributed by atoms with Gasteiger partial charge in [0, 0.05) is 0 Å². The van der Waals surface area contributed by atoms with Crippen molar-refractivity contribution in [3.05, 3.63) is 58.9 Å². The number of rotatable bonds is 2. The Morgan fingerprint density at radius 2 is 1.89 bits per heavy atom. The van der Waals surface area contributed by atoms with Crippen molar-refractivity contribution in [2.75, 3.05) is 0 Å². The lowest BCUT2D eigenvalue weighted by Gasteiger charge is -2.09. The van der Waals surface area contributed by atoms with E-state index in [1.54, 1.807) is 6.92 Å². The van der Waals surface area contributed by atoms with Crippen molar-refractivity contribution >= 4 is 5.97 Å². The highest BCUT2D eigenvalue weighted by Gasteiger charge is 2.12. The summed E-state index contributed by atoms with van der Waals surface area (Å²) in [6.45, 7) is 3.59. The van der Waals surface area contributed by atoms with Gasteiger partial charge in [-0.05, 0) is 42.7 Å². The highest BCUT2D eigenvalue weighted by atomic mass is 19.1. The Morgan fingerprint density at radius 1 is 1.17 bits per heavy atom. The molecule has 0 spiro atoms. The first-order valence-corrected chi connectivity index (χ1v) is 5.59. The molecule has 18 heavy (non-hydrogen) atoms. The van der Waals surface area contributed by atoms with Crippen LogP contribution in [-0.2, 0) is 0 Å². The molecule has 2 rings (SSSR count). The number of halogens is 1. The van der Waals surface area contributed by atoms with Crippen molar-refractivity contribution in [1.82, 2.24) is 0 Å². The summed E-state index contributed by atoms with van der Waals surface area (Å²) < 4.78 is 13.7. The van der Waals surface area contributed by atoms with Crippen molar-refractivity contribution in [1.29, 1.82) is 0 Å². The van der Waals surface area contributed by atoms with Gasteiger partial charge in [0.25, 0.3) is 0 Å². The number of aromatic carboxylic acids is 1. The number of hydrogen-bond acceptors (Lipinski definition) is 1. The summed E-state index contributed by atoms with van der Waals surface area (Å²) in [5.41, 5.74) is 2.93. The average molecular weight is 244 g/mol. The molecule has 0 heterocycles. The number of aryl methyl sites for hydroxylation is 1. The highest BCUT2D eigenvalue weighted by molar-refractivity contribution is 5.90. The Kier molecular flexibility index (Phi) is 3.15. The van der Waals surface area contributed by atoms with E-state index in [1.165, 1.54) is 6.07 Å². The van der Waals surface area contributed by atoms with Crippen molar-refractivity contribution in [2.45, 2.75) is 13.8 Å². The maximum Gasteiger partial charge on any atom is 0.335 e. The van der Waals surface area contributed by atoms with Crippen LogP contribution in [0.2, 0.25) is 0 Å². The molecule has 0 aliphatic carbocycles. The Hall–Kier alpha value is -2.16. The van der Waals surface area contributed by atoms with Crippen LogP contribution in [0.5, 0.6) is 0 Å². The Morgan fingerprint density at radius 3 is 2.50 bits per heavy atom. The molecule has 2 nitrogen and oxygen atoms in total. The molecule has 0 saturated carbocycles. The van der Waals surface area contributed by atoms with E-state index in [9.17, 15) is 9.18 Å². The van der Waals surface area contributed by atoms with Gasteiger partial charge in [-0.1, -0.05) is 29.8 Å². The fourth-order valence-corrected chi connectivity index (χ4v) is 1.91. The summed E-state index contributed by atoms with van der Waals surface area (Å²) >= 11 is 0. The van der Waals surface area contributed by atoms with Crippen LogP contribution in [0, 0.1) is 19.7 Å². The van der Waals surface area contributed by atoms with E-state index in [-0.39, 0.29) is 5.56 Å². The number of hydrogen-bond donors (Lipinski definition) is 1. The lowest BCUT2D eigenvalue weighted by atomic mass is 9.96. The summed E-state index contributed by atoms with van der Waals surface area (Å²) in [6.07, 6.45) is 0. The van der Waals surface area contributed by atoms with Crippen molar-refractivity contribution in [3.8, 4) is 11.1 Å². The minimum Gasteiger partial charge on any atom is -0.478 e. The number of carboxylic acids is 1. The van der Waals surface area contributed by atoms with E-state index in [0.717, 1.165) is 17.2 Å². The quantitative estimate of drug-likeness (QED) is 0.872. The second-order valence-corrected chi connectivity index (χ2v) is 4.31. The third kappa shape index (κ3) is 2.25. The molecule has 0 radical (unpaired) electrons. The Balaban J connectivity index is 2.66. The van der Waals surface area contributed by atoms with Crippen molar-refractivity contribution < 1.29 is 14.3 Å². The molecule has 0 aliphatic heterocycles. The van der Waals surface area contributed by atoms with Gasteiger partial charge in [0.1, 0.15) is 5.82 Å². The zero-order chi connectivity index (χ0) is 13.3.